The molecule has 2 aromatic rings. The van der Waals surface area contributed by atoms with E-state index in [0.29, 0.717) is 55.0 Å². The van der Waals surface area contributed by atoms with Gasteiger partial charge in [0.05, 0.1) is 37.8 Å². The highest BCUT2D eigenvalue weighted by Crippen LogP contribution is 2.35. The molecule has 0 aliphatic carbocycles. The second-order valence-corrected chi connectivity index (χ2v) is 7.77. The zero-order valence-electron chi connectivity index (χ0n) is 19.2. The Kier molecular flexibility index (Phi) is 8.55. The number of rotatable bonds is 10. The van der Waals surface area contributed by atoms with Crippen molar-refractivity contribution in [2.45, 2.75) is 39.5 Å². The lowest BCUT2D eigenvalue weighted by Gasteiger charge is -2.31. The van der Waals surface area contributed by atoms with Crippen LogP contribution in [0.3, 0.4) is 0 Å². The molecule has 1 aliphatic rings. The Morgan fingerprint density at radius 3 is 2.59 bits per heavy atom. The summed E-state index contributed by atoms with van der Waals surface area (Å²) in [6, 6.07) is 3.38. The number of nitro groups is 1. The summed E-state index contributed by atoms with van der Waals surface area (Å²) >= 11 is 0. The van der Waals surface area contributed by atoms with E-state index in [1.54, 1.807) is 24.0 Å². The van der Waals surface area contributed by atoms with E-state index in [2.05, 4.69) is 15.3 Å². The van der Waals surface area contributed by atoms with Crippen molar-refractivity contribution < 1.29 is 29.4 Å². The van der Waals surface area contributed by atoms with Crippen molar-refractivity contribution in [3.05, 3.63) is 45.3 Å². The van der Waals surface area contributed by atoms with Crippen LogP contribution in [0.15, 0.2) is 18.5 Å². The van der Waals surface area contributed by atoms with E-state index >= 15 is 0 Å². The number of piperidine rings is 1. The van der Waals surface area contributed by atoms with Crippen LogP contribution in [0.2, 0.25) is 0 Å². The normalized spacial score (nSPS) is 14.1. The maximum absolute atomic E-state index is 12.0. The summed E-state index contributed by atoms with van der Waals surface area (Å²) in [5.41, 5.74) is 1.41. The van der Waals surface area contributed by atoms with Crippen LogP contribution >= 0.6 is 0 Å². The van der Waals surface area contributed by atoms with E-state index in [4.69, 9.17) is 9.47 Å². The van der Waals surface area contributed by atoms with Crippen molar-refractivity contribution in [1.82, 2.24) is 9.97 Å². The Hall–Kier alpha value is -3.51. The Balaban J connectivity index is 1.80. The lowest BCUT2D eigenvalue weighted by Crippen LogP contribution is -2.37. The van der Waals surface area contributed by atoms with Gasteiger partial charge in [-0.15, -0.1) is 0 Å². The van der Waals surface area contributed by atoms with Gasteiger partial charge in [0.25, 0.3) is 0 Å². The van der Waals surface area contributed by atoms with Gasteiger partial charge < -0.3 is 29.9 Å². The summed E-state index contributed by atoms with van der Waals surface area (Å²) in [5, 5.41) is 34.1. The second-order valence-electron chi connectivity index (χ2n) is 7.77. The van der Waals surface area contributed by atoms with Gasteiger partial charge in [-0.2, -0.15) is 0 Å². The summed E-state index contributed by atoms with van der Waals surface area (Å²) in [7, 11) is 1.46. The van der Waals surface area contributed by atoms with Gasteiger partial charge in [0.2, 0.25) is 11.6 Å². The van der Waals surface area contributed by atoms with E-state index in [9.17, 15) is 25.1 Å². The quantitative estimate of drug-likeness (QED) is 0.261. The number of carbonyl (C=O) groups excluding carboxylic acids is 1. The number of nitrogens with one attached hydrogen (secondary N) is 1. The molecule has 2 heterocycles. The fraction of sp³-hybridized carbons (Fsp3) is 0.500. The molecule has 1 saturated heterocycles. The fourth-order valence-corrected chi connectivity index (χ4v) is 4.04. The molecule has 12 nitrogen and oxygen atoms in total. The average Bonchev–Trinajstić information content (AvgIpc) is 2.86. The first-order valence-electron chi connectivity index (χ1n) is 11.0. The van der Waals surface area contributed by atoms with E-state index in [1.165, 1.54) is 13.4 Å². The highest BCUT2D eigenvalue weighted by Gasteiger charge is 2.32. The summed E-state index contributed by atoms with van der Waals surface area (Å²) in [5.74, 6) is 0.180. The number of aliphatic hydroxyl groups excluding tert-OH is 2. The van der Waals surface area contributed by atoms with Crippen molar-refractivity contribution in [3.63, 3.8) is 0 Å². The van der Waals surface area contributed by atoms with Crippen molar-refractivity contribution >= 4 is 23.3 Å². The standard InChI is InChI=1S/C22H29N5O7/c1-3-34-22(30)15-4-6-26(7-5-15)21-19(27(31)32)20(24-13-25-21)23-10-14-8-16(11-28)17(12-29)18(9-14)33-2/h8-9,13,15,28-29H,3-7,10-12H2,1-2H3,(H,23,24,25). The zero-order valence-corrected chi connectivity index (χ0v) is 19.2. The molecule has 1 aromatic heterocycles. The van der Waals surface area contributed by atoms with Gasteiger partial charge in [0.15, 0.2) is 0 Å². The molecule has 0 spiro atoms. The highest BCUT2D eigenvalue weighted by molar-refractivity contribution is 5.74. The number of esters is 1. The molecule has 12 heteroatoms. The van der Waals surface area contributed by atoms with Gasteiger partial charge in [-0.05, 0) is 37.0 Å². The van der Waals surface area contributed by atoms with Crippen LogP contribution in [-0.2, 0) is 29.3 Å². The predicted octanol–water partition coefficient (Wildman–Crippen LogP) is 1.77. The molecule has 3 rings (SSSR count). The van der Waals surface area contributed by atoms with Gasteiger partial charge >= 0.3 is 11.7 Å². The molecule has 3 N–H and O–H groups in total. The molecule has 1 aromatic carbocycles. The molecular weight excluding hydrogens is 446 g/mol. The molecule has 1 aliphatic heterocycles. The van der Waals surface area contributed by atoms with Crippen molar-refractivity contribution in [1.29, 1.82) is 0 Å². The molecule has 1 fully saturated rings. The van der Waals surface area contributed by atoms with E-state index < -0.39 is 4.92 Å². The minimum absolute atomic E-state index is 0.0540. The van der Waals surface area contributed by atoms with E-state index in [1.807, 2.05) is 0 Å². The number of ether oxygens (including phenoxy) is 2. The number of methoxy groups -OCH3 is 1. The molecule has 0 amide bonds. The number of anilines is 2. The van der Waals surface area contributed by atoms with Gasteiger partial charge in [-0.1, -0.05) is 6.07 Å². The molecule has 34 heavy (non-hydrogen) atoms. The number of hydrogen-bond acceptors (Lipinski definition) is 11. The molecule has 0 saturated carbocycles. The lowest BCUT2D eigenvalue weighted by atomic mass is 9.97. The van der Waals surface area contributed by atoms with Crippen LogP contribution in [0.1, 0.15) is 36.5 Å². The third-order valence-electron chi connectivity index (χ3n) is 5.77. The summed E-state index contributed by atoms with van der Waals surface area (Å²) < 4.78 is 10.4. The SMILES string of the molecule is CCOC(=O)C1CCN(c2ncnc(NCc3cc(CO)c(CO)c(OC)c3)c2[N+](=O)[O-])CC1. The summed E-state index contributed by atoms with van der Waals surface area (Å²) in [6.07, 6.45) is 2.30. The van der Waals surface area contributed by atoms with E-state index in [0.717, 1.165) is 0 Å². The molecular formula is C22H29N5O7. The van der Waals surface area contributed by atoms with Gasteiger partial charge in [-0.3, -0.25) is 14.9 Å². The summed E-state index contributed by atoms with van der Waals surface area (Å²) in [6.45, 7) is 2.52. The Morgan fingerprint density at radius 2 is 2.00 bits per heavy atom. The number of nitrogens with zero attached hydrogens (tertiary/aromatic N) is 4. The van der Waals surface area contributed by atoms with Crippen molar-refractivity contribution in [2.24, 2.45) is 5.92 Å². The second kappa shape index (κ2) is 11.6. The molecule has 0 atom stereocenters. The maximum Gasteiger partial charge on any atom is 0.353 e. The third-order valence-corrected chi connectivity index (χ3v) is 5.77. The number of carbonyl (C=O) groups is 1. The Bertz CT molecular complexity index is 1000. The van der Waals surface area contributed by atoms with Crippen LogP contribution in [0.4, 0.5) is 17.3 Å². The van der Waals surface area contributed by atoms with Gasteiger partial charge in [0, 0.05) is 25.2 Å². The lowest BCUT2D eigenvalue weighted by molar-refractivity contribution is -0.383. The minimum atomic E-state index is -0.524. The number of aromatic nitrogens is 2. The first kappa shape index (κ1) is 25.1. The Morgan fingerprint density at radius 1 is 1.26 bits per heavy atom. The fourth-order valence-electron chi connectivity index (χ4n) is 4.04. The largest absolute Gasteiger partial charge is 0.496 e. The van der Waals surface area contributed by atoms with Crippen molar-refractivity contribution in [2.75, 3.05) is 37.0 Å². The van der Waals surface area contributed by atoms with Crippen LogP contribution in [-0.4, -0.2) is 57.9 Å². The molecule has 0 unspecified atom stereocenters. The smallest absolute Gasteiger partial charge is 0.353 e. The Labute approximate surface area is 196 Å². The van der Waals surface area contributed by atoms with Crippen LogP contribution in [0.5, 0.6) is 5.75 Å². The van der Waals surface area contributed by atoms with Crippen LogP contribution in [0.25, 0.3) is 0 Å². The summed E-state index contributed by atoms with van der Waals surface area (Å²) in [4.78, 5) is 33.4. The topological polar surface area (TPSA) is 160 Å². The third kappa shape index (κ3) is 5.51. The van der Waals surface area contributed by atoms with Crippen LogP contribution < -0.4 is 15.0 Å². The minimum Gasteiger partial charge on any atom is -0.496 e. The number of benzene rings is 1. The number of aliphatic hydroxyl groups is 2. The van der Waals surface area contributed by atoms with Gasteiger partial charge in [0.1, 0.15) is 12.1 Å². The van der Waals surface area contributed by atoms with Crippen LogP contribution in [0, 0.1) is 16.0 Å². The van der Waals surface area contributed by atoms with E-state index in [-0.39, 0.29) is 49.0 Å². The molecule has 0 bridgehead atoms. The molecule has 184 valence electrons. The molecule has 0 radical (unpaired) electrons. The predicted molar refractivity (Wildman–Crippen MR) is 122 cm³/mol. The van der Waals surface area contributed by atoms with Gasteiger partial charge in [-0.25, -0.2) is 9.97 Å². The first-order chi connectivity index (χ1) is 16.4. The number of hydrogen-bond donors (Lipinski definition) is 3. The highest BCUT2D eigenvalue weighted by atomic mass is 16.6. The average molecular weight is 476 g/mol. The maximum atomic E-state index is 12.0. The zero-order chi connectivity index (χ0) is 24.7. The van der Waals surface area contributed by atoms with Crippen molar-refractivity contribution in [3.8, 4) is 5.75 Å². The first-order valence-corrected chi connectivity index (χ1v) is 11.0. The monoisotopic (exact) mass is 475 g/mol.